The first-order chi connectivity index (χ1) is 10.8. The lowest BCUT2D eigenvalue weighted by molar-refractivity contribution is 0.373. The van der Waals surface area contributed by atoms with Gasteiger partial charge in [-0.3, -0.25) is 0 Å². The Balaban J connectivity index is 1.70. The standard InChI is InChI=1S/C13H15N3O5S2/c1-22(17,18)10-4-6-11(7-5-10)23(19,20)14-8-12-15-13(21-16-12)9-2-3-9/h4-7,9,14H,2-3,8H2,1H3. The van der Waals surface area contributed by atoms with Crippen LogP contribution >= 0.6 is 0 Å². The molecule has 1 aliphatic rings. The molecule has 0 amide bonds. The Labute approximate surface area is 133 Å². The minimum absolute atomic E-state index is 0.0317. The van der Waals surface area contributed by atoms with Crippen LogP contribution in [0.5, 0.6) is 0 Å². The number of nitrogens with one attached hydrogen (secondary N) is 1. The average Bonchev–Trinajstić information content (AvgIpc) is 3.23. The third-order valence-electron chi connectivity index (χ3n) is 3.39. The summed E-state index contributed by atoms with van der Waals surface area (Å²) < 4.78 is 54.5. The molecule has 1 aliphatic carbocycles. The van der Waals surface area contributed by atoms with E-state index < -0.39 is 19.9 Å². The van der Waals surface area contributed by atoms with Gasteiger partial charge < -0.3 is 4.52 Å². The number of hydrogen-bond acceptors (Lipinski definition) is 7. The molecule has 1 aromatic heterocycles. The topological polar surface area (TPSA) is 119 Å². The third-order valence-corrected chi connectivity index (χ3v) is 5.94. The Bertz CT molecular complexity index is 913. The minimum atomic E-state index is -3.78. The second-order valence-corrected chi connectivity index (χ2v) is 9.17. The van der Waals surface area contributed by atoms with E-state index in [2.05, 4.69) is 14.9 Å². The number of rotatable bonds is 6. The average molecular weight is 357 g/mol. The highest BCUT2D eigenvalue weighted by Crippen LogP contribution is 2.38. The molecule has 0 saturated heterocycles. The molecule has 1 aromatic carbocycles. The number of aromatic nitrogens is 2. The lowest BCUT2D eigenvalue weighted by Crippen LogP contribution is -2.23. The van der Waals surface area contributed by atoms with Gasteiger partial charge in [-0.25, -0.2) is 21.6 Å². The van der Waals surface area contributed by atoms with Gasteiger partial charge in [0, 0.05) is 12.2 Å². The van der Waals surface area contributed by atoms with Crippen LogP contribution in [-0.2, 0) is 26.4 Å². The van der Waals surface area contributed by atoms with Crippen molar-refractivity contribution in [3.8, 4) is 0 Å². The first-order valence-corrected chi connectivity index (χ1v) is 10.3. The maximum absolute atomic E-state index is 12.2. The zero-order valence-corrected chi connectivity index (χ0v) is 13.9. The summed E-state index contributed by atoms with van der Waals surface area (Å²) >= 11 is 0. The van der Waals surface area contributed by atoms with Gasteiger partial charge in [-0.2, -0.15) is 4.98 Å². The monoisotopic (exact) mass is 357 g/mol. The molecule has 0 unspecified atom stereocenters. The van der Waals surface area contributed by atoms with Crippen molar-refractivity contribution in [3.63, 3.8) is 0 Å². The zero-order chi connectivity index (χ0) is 16.7. The number of sulfone groups is 1. The molecule has 8 nitrogen and oxygen atoms in total. The lowest BCUT2D eigenvalue weighted by atomic mass is 10.4. The van der Waals surface area contributed by atoms with Crippen molar-refractivity contribution in [1.29, 1.82) is 0 Å². The SMILES string of the molecule is CS(=O)(=O)c1ccc(S(=O)(=O)NCc2noc(C3CC3)n2)cc1. The molecule has 10 heteroatoms. The van der Waals surface area contributed by atoms with E-state index in [4.69, 9.17) is 4.52 Å². The molecule has 0 atom stereocenters. The molecule has 1 heterocycles. The molecule has 1 saturated carbocycles. The molecule has 3 rings (SSSR count). The molecule has 1 N–H and O–H groups in total. The minimum Gasteiger partial charge on any atom is -0.339 e. The predicted molar refractivity (Wildman–Crippen MR) is 79.9 cm³/mol. The van der Waals surface area contributed by atoms with Gasteiger partial charge in [0.15, 0.2) is 15.7 Å². The largest absolute Gasteiger partial charge is 0.339 e. The third kappa shape index (κ3) is 3.77. The van der Waals surface area contributed by atoms with Gasteiger partial charge in [0.2, 0.25) is 15.9 Å². The Hall–Kier alpha value is -1.78. The van der Waals surface area contributed by atoms with Crippen molar-refractivity contribution in [3.05, 3.63) is 36.0 Å². The van der Waals surface area contributed by atoms with E-state index in [1.165, 1.54) is 24.3 Å². The summed E-state index contributed by atoms with van der Waals surface area (Å²) in [6.07, 6.45) is 3.09. The molecule has 0 aliphatic heterocycles. The van der Waals surface area contributed by atoms with Crippen LogP contribution in [0.2, 0.25) is 0 Å². The van der Waals surface area contributed by atoms with Crippen molar-refractivity contribution in [2.24, 2.45) is 0 Å². The summed E-state index contributed by atoms with van der Waals surface area (Å²) in [7, 11) is -7.15. The fraction of sp³-hybridized carbons (Fsp3) is 0.385. The van der Waals surface area contributed by atoms with Gasteiger partial charge in [0.25, 0.3) is 0 Å². The van der Waals surface area contributed by atoms with Gasteiger partial charge in [0.1, 0.15) is 0 Å². The molecular weight excluding hydrogens is 342 g/mol. The summed E-state index contributed by atoms with van der Waals surface area (Å²) in [5.74, 6) is 1.11. The molecule has 0 bridgehead atoms. The van der Waals surface area contributed by atoms with E-state index >= 15 is 0 Å². The predicted octanol–water partition coefficient (Wildman–Crippen LogP) is 0.829. The smallest absolute Gasteiger partial charge is 0.240 e. The quantitative estimate of drug-likeness (QED) is 0.813. The van der Waals surface area contributed by atoms with E-state index in [-0.39, 0.29) is 22.2 Å². The molecule has 1 fully saturated rings. The van der Waals surface area contributed by atoms with Gasteiger partial charge in [-0.15, -0.1) is 0 Å². The number of benzene rings is 1. The molecular formula is C13H15N3O5S2. The summed E-state index contributed by atoms with van der Waals surface area (Å²) in [5.41, 5.74) is 0. The van der Waals surface area contributed by atoms with E-state index in [0.717, 1.165) is 19.1 Å². The zero-order valence-electron chi connectivity index (χ0n) is 12.3. The summed E-state index contributed by atoms with van der Waals surface area (Å²) in [4.78, 5) is 4.16. The summed E-state index contributed by atoms with van der Waals surface area (Å²) in [5, 5.41) is 3.73. The van der Waals surface area contributed by atoms with E-state index in [0.29, 0.717) is 11.8 Å². The Morgan fingerprint density at radius 1 is 1.13 bits per heavy atom. The second-order valence-electron chi connectivity index (χ2n) is 5.39. The molecule has 0 spiro atoms. The maximum Gasteiger partial charge on any atom is 0.240 e. The fourth-order valence-electron chi connectivity index (χ4n) is 1.94. The van der Waals surface area contributed by atoms with Crippen LogP contribution in [0.4, 0.5) is 0 Å². The molecule has 23 heavy (non-hydrogen) atoms. The van der Waals surface area contributed by atoms with Crippen LogP contribution in [0.3, 0.4) is 0 Å². The van der Waals surface area contributed by atoms with Crippen LogP contribution in [0, 0.1) is 0 Å². The van der Waals surface area contributed by atoms with Gasteiger partial charge in [-0.1, -0.05) is 5.16 Å². The molecule has 124 valence electrons. The van der Waals surface area contributed by atoms with Crippen molar-refractivity contribution < 1.29 is 21.4 Å². The van der Waals surface area contributed by atoms with E-state index in [9.17, 15) is 16.8 Å². The Morgan fingerprint density at radius 3 is 2.30 bits per heavy atom. The van der Waals surface area contributed by atoms with Crippen molar-refractivity contribution in [1.82, 2.24) is 14.9 Å². The number of sulfonamides is 1. The van der Waals surface area contributed by atoms with Gasteiger partial charge in [0.05, 0.1) is 16.3 Å². The Kier molecular flexibility index (Phi) is 3.98. The first-order valence-electron chi connectivity index (χ1n) is 6.88. The summed E-state index contributed by atoms with van der Waals surface area (Å²) in [6.45, 7) is -0.0909. The van der Waals surface area contributed by atoms with Crippen LogP contribution in [-0.4, -0.2) is 33.2 Å². The highest BCUT2D eigenvalue weighted by molar-refractivity contribution is 7.90. The van der Waals surface area contributed by atoms with Crippen LogP contribution < -0.4 is 4.72 Å². The highest BCUT2D eigenvalue weighted by atomic mass is 32.2. The fourth-order valence-corrected chi connectivity index (χ4v) is 3.55. The Morgan fingerprint density at radius 2 is 1.74 bits per heavy atom. The number of nitrogens with zero attached hydrogens (tertiary/aromatic N) is 2. The van der Waals surface area contributed by atoms with Gasteiger partial charge in [-0.05, 0) is 37.1 Å². The van der Waals surface area contributed by atoms with Crippen LogP contribution in [0.25, 0.3) is 0 Å². The second kappa shape index (κ2) is 5.69. The van der Waals surface area contributed by atoms with Crippen molar-refractivity contribution in [2.45, 2.75) is 35.1 Å². The van der Waals surface area contributed by atoms with Crippen LogP contribution in [0.1, 0.15) is 30.5 Å². The summed E-state index contributed by atoms with van der Waals surface area (Å²) in [6, 6.07) is 4.99. The molecule has 0 radical (unpaired) electrons. The van der Waals surface area contributed by atoms with Crippen molar-refractivity contribution in [2.75, 3.05) is 6.26 Å². The van der Waals surface area contributed by atoms with Crippen LogP contribution in [0.15, 0.2) is 38.6 Å². The normalized spacial score (nSPS) is 15.7. The van der Waals surface area contributed by atoms with Crippen molar-refractivity contribution >= 4 is 19.9 Å². The molecule has 2 aromatic rings. The van der Waals surface area contributed by atoms with Gasteiger partial charge >= 0.3 is 0 Å². The first kappa shape index (κ1) is 16.1. The number of hydrogen-bond donors (Lipinski definition) is 1. The van der Waals surface area contributed by atoms with E-state index in [1.807, 2.05) is 0 Å². The maximum atomic E-state index is 12.2. The van der Waals surface area contributed by atoms with E-state index in [1.54, 1.807) is 0 Å². The highest BCUT2D eigenvalue weighted by Gasteiger charge is 2.29. The lowest BCUT2D eigenvalue weighted by Gasteiger charge is -2.05.